The van der Waals surface area contributed by atoms with Crippen LogP contribution in [0.15, 0.2) is 30.0 Å². The number of thiazole rings is 1. The van der Waals surface area contributed by atoms with Crippen LogP contribution in [0.1, 0.15) is 20.9 Å². The molecule has 20 heavy (non-hydrogen) atoms. The van der Waals surface area contributed by atoms with E-state index in [2.05, 4.69) is 27.1 Å². The summed E-state index contributed by atoms with van der Waals surface area (Å²) in [4.78, 5) is 20.0. The van der Waals surface area contributed by atoms with Gasteiger partial charge in [-0.15, -0.1) is 11.3 Å². The maximum absolute atomic E-state index is 11.9. The summed E-state index contributed by atoms with van der Waals surface area (Å²) in [5, 5.41) is 14.3. The molecule has 0 aliphatic carbocycles. The Hall–Kier alpha value is -2.23. The Bertz CT molecular complexity index is 629. The first-order valence-electron chi connectivity index (χ1n) is 6.01. The van der Waals surface area contributed by atoms with Crippen LogP contribution in [0.2, 0.25) is 0 Å². The maximum atomic E-state index is 11.9. The van der Waals surface area contributed by atoms with Crippen molar-refractivity contribution < 1.29 is 9.90 Å². The van der Waals surface area contributed by atoms with Crippen LogP contribution in [0.25, 0.3) is 0 Å². The predicted molar refractivity (Wildman–Crippen MR) is 76.4 cm³/mol. The van der Waals surface area contributed by atoms with Crippen molar-refractivity contribution in [2.45, 2.75) is 6.42 Å². The van der Waals surface area contributed by atoms with Gasteiger partial charge >= 0.3 is 0 Å². The summed E-state index contributed by atoms with van der Waals surface area (Å²) in [6, 6.07) is 1.65. The van der Waals surface area contributed by atoms with Gasteiger partial charge in [0.1, 0.15) is 6.61 Å². The number of hydrogen-bond acceptors (Lipinski definition) is 5. The van der Waals surface area contributed by atoms with Gasteiger partial charge in [-0.25, -0.2) is 4.98 Å². The highest BCUT2D eigenvalue weighted by molar-refractivity contribution is 7.09. The molecule has 0 saturated carbocycles. The van der Waals surface area contributed by atoms with Crippen molar-refractivity contribution >= 4 is 17.2 Å². The molecule has 102 valence electrons. The zero-order valence-corrected chi connectivity index (χ0v) is 11.5. The highest BCUT2D eigenvalue weighted by Crippen LogP contribution is 2.04. The van der Waals surface area contributed by atoms with Crippen LogP contribution in [0.4, 0.5) is 0 Å². The normalized spacial score (nSPS) is 9.65. The second kappa shape index (κ2) is 7.38. The molecule has 0 unspecified atom stereocenters. The SMILES string of the molecule is O=C(NCCc1nccs1)c1cncc(C#CCO)c1. The second-order valence-corrected chi connectivity index (χ2v) is 4.83. The van der Waals surface area contributed by atoms with E-state index >= 15 is 0 Å². The molecule has 6 heteroatoms. The fourth-order valence-corrected chi connectivity index (χ4v) is 2.16. The maximum Gasteiger partial charge on any atom is 0.252 e. The number of hydrogen-bond donors (Lipinski definition) is 2. The topological polar surface area (TPSA) is 75.1 Å². The largest absolute Gasteiger partial charge is 0.384 e. The molecule has 2 rings (SSSR count). The zero-order chi connectivity index (χ0) is 14.2. The molecular weight excluding hydrogens is 274 g/mol. The Morgan fingerprint density at radius 1 is 1.45 bits per heavy atom. The van der Waals surface area contributed by atoms with Gasteiger partial charge in [0.25, 0.3) is 5.91 Å². The number of nitrogens with zero attached hydrogens (tertiary/aromatic N) is 2. The van der Waals surface area contributed by atoms with E-state index in [-0.39, 0.29) is 12.5 Å². The van der Waals surface area contributed by atoms with Gasteiger partial charge in [-0.3, -0.25) is 9.78 Å². The van der Waals surface area contributed by atoms with Crippen LogP contribution in [0, 0.1) is 11.8 Å². The first-order valence-corrected chi connectivity index (χ1v) is 6.89. The van der Waals surface area contributed by atoms with Gasteiger partial charge < -0.3 is 10.4 Å². The van der Waals surface area contributed by atoms with Gasteiger partial charge in [-0.1, -0.05) is 11.8 Å². The van der Waals surface area contributed by atoms with E-state index in [1.54, 1.807) is 29.8 Å². The molecule has 2 heterocycles. The van der Waals surface area contributed by atoms with Gasteiger partial charge in [0.15, 0.2) is 0 Å². The molecule has 0 spiro atoms. The van der Waals surface area contributed by atoms with E-state index in [1.807, 2.05) is 5.38 Å². The molecule has 1 amide bonds. The molecule has 0 aliphatic rings. The summed E-state index contributed by atoms with van der Waals surface area (Å²) in [5.74, 6) is 5.04. The fraction of sp³-hybridized carbons (Fsp3) is 0.214. The molecule has 5 nitrogen and oxygen atoms in total. The number of carbonyl (C=O) groups excluding carboxylic acids is 1. The highest BCUT2D eigenvalue weighted by atomic mass is 32.1. The highest BCUT2D eigenvalue weighted by Gasteiger charge is 2.06. The van der Waals surface area contributed by atoms with E-state index in [0.717, 1.165) is 5.01 Å². The molecule has 0 aliphatic heterocycles. The quantitative estimate of drug-likeness (QED) is 0.818. The first kappa shape index (κ1) is 14.2. The number of aromatic nitrogens is 2. The third kappa shape index (κ3) is 4.16. The van der Waals surface area contributed by atoms with Crippen molar-refractivity contribution in [3.05, 3.63) is 46.2 Å². The summed E-state index contributed by atoms with van der Waals surface area (Å²) in [6.07, 6.45) is 5.49. The Morgan fingerprint density at radius 2 is 2.35 bits per heavy atom. The number of aliphatic hydroxyl groups excluding tert-OH is 1. The van der Waals surface area contributed by atoms with Crippen LogP contribution < -0.4 is 5.32 Å². The van der Waals surface area contributed by atoms with Crippen LogP contribution in [-0.2, 0) is 6.42 Å². The molecule has 2 N–H and O–H groups in total. The molecule has 0 saturated heterocycles. The summed E-state index contributed by atoms with van der Waals surface area (Å²) < 4.78 is 0. The van der Waals surface area contributed by atoms with E-state index in [0.29, 0.717) is 24.1 Å². The van der Waals surface area contributed by atoms with Crippen molar-refractivity contribution in [1.82, 2.24) is 15.3 Å². The minimum Gasteiger partial charge on any atom is -0.384 e. The summed E-state index contributed by atoms with van der Waals surface area (Å²) in [5.41, 5.74) is 1.06. The van der Waals surface area contributed by atoms with Gasteiger partial charge in [-0.05, 0) is 6.07 Å². The number of pyridine rings is 1. The lowest BCUT2D eigenvalue weighted by molar-refractivity contribution is 0.0953. The smallest absolute Gasteiger partial charge is 0.252 e. The average Bonchev–Trinajstić information content (AvgIpc) is 2.98. The summed E-state index contributed by atoms with van der Waals surface area (Å²) in [7, 11) is 0. The Kier molecular flexibility index (Phi) is 5.24. The standard InChI is InChI=1S/C14H13N3O2S/c18-6-1-2-11-8-12(10-15-9-11)14(19)17-4-3-13-16-5-7-20-13/h5,7-10,18H,3-4,6H2,(H,17,19). The summed E-state index contributed by atoms with van der Waals surface area (Å²) >= 11 is 1.57. The van der Waals surface area contributed by atoms with Crippen molar-refractivity contribution in [1.29, 1.82) is 0 Å². The third-order valence-electron chi connectivity index (χ3n) is 2.42. The lowest BCUT2D eigenvalue weighted by atomic mass is 10.2. The molecule has 0 radical (unpaired) electrons. The van der Waals surface area contributed by atoms with Crippen molar-refractivity contribution in [2.75, 3.05) is 13.2 Å². The van der Waals surface area contributed by atoms with Crippen molar-refractivity contribution in [3.63, 3.8) is 0 Å². The van der Waals surface area contributed by atoms with Crippen LogP contribution in [0.3, 0.4) is 0 Å². The minimum atomic E-state index is -0.218. The number of aliphatic hydroxyl groups is 1. The Labute approximate surface area is 120 Å². The molecule has 2 aromatic heterocycles. The van der Waals surface area contributed by atoms with Gasteiger partial charge in [0.2, 0.25) is 0 Å². The number of rotatable bonds is 4. The average molecular weight is 287 g/mol. The van der Waals surface area contributed by atoms with E-state index in [1.165, 1.54) is 6.20 Å². The van der Waals surface area contributed by atoms with E-state index in [4.69, 9.17) is 5.11 Å². The van der Waals surface area contributed by atoms with Gasteiger partial charge in [0.05, 0.1) is 10.6 Å². The molecule has 0 atom stereocenters. The molecule has 0 aromatic carbocycles. The van der Waals surface area contributed by atoms with Crippen molar-refractivity contribution in [2.24, 2.45) is 0 Å². The van der Waals surface area contributed by atoms with Crippen LogP contribution in [-0.4, -0.2) is 34.1 Å². The second-order valence-electron chi connectivity index (χ2n) is 3.85. The Balaban J connectivity index is 1.91. The van der Waals surface area contributed by atoms with Crippen LogP contribution in [0.5, 0.6) is 0 Å². The lowest BCUT2D eigenvalue weighted by Crippen LogP contribution is -2.25. The van der Waals surface area contributed by atoms with Crippen LogP contribution >= 0.6 is 11.3 Å². The summed E-state index contributed by atoms with van der Waals surface area (Å²) in [6.45, 7) is 0.309. The number of nitrogens with one attached hydrogen (secondary N) is 1. The van der Waals surface area contributed by atoms with E-state index in [9.17, 15) is 4.79 Å². The molecule has 2 aromatic rings. The lowest BCUT2D eigenvalue weighted by Gasteiger charge is -2.03. The monoisotopic (exact) mass is 287 g/mol. The predicted octanol–water partition coefficient (Wildman–Crippen LogP) is 0.854. The number of amides is 1. The Morgan fingerprint density at radius 3 is 3.10 bits per heavy atom. The molecule has 0 bridgehead atoms. The molecule has 0 fully saturated rings. The molecular formula is C14H13N3O2S. The minimum absolute atomic E-state index is 0.193. The number of carbonyl (C=O) groups is 1. The van der Waals surface area contributed by atoms with E-state index < -0.39 is 0 Å². The van der Waals surface area contributed by atoms with Gasteiger partial charge in [-0.2, -0.15) is 0 Å². The van der Waals surface area contributed by atoms with Gasteiger partial charge in [0, 0.05) is 42.5 Å². The zero-order valence-electron chi connectivity index (χ0n) is 10.7. The fourth-order valence-electron chi connectivity index (χ4n) is 1.54. The van der Waals surface area contributed by atoms with Crippen molar-refractivity contribution in [3.8, 4) is 11.8 Å². The first-order chi connectivity index (χ1) is 9.79. The third-order valence-corrected chi connectivity index (χ3v) is 3.26.